The van der Waals surface area contributed by atoms with Gasteiger partial charge in [-0.3, -0.25) is 0 Å². The summed E-state index contributed by atoms with van der Waals surface area (Å²) in [5.74, 6) is 8.21. The van der Waals surface area contributed by atoms with E-state index in [1.807, 2.05) is 5.01 Å². The van der Waals surface area contributed by atoms with Gasteiger partial charge in [-0.25, -0.2) is 5.84 Å². The molecule has 0 bridgehead atoms. The molecule has 4 N–H and O–H groups in total. The summed E-state index contributed by atoms with van der Waals surface area (Å²) in [7, 11) is 0. The first-order valence-electron chi connectivity index (χ1n) is 5.83. The van der Waals surface area contributed by atoms with Crippen molar-refractivity contribution >= 4 is 11.8 Å². The molecule has 4 heteroatoms. The van der Waals surface area contributed by atoms with Crippen LogP contribution in [0.4, 0.5) is 0 Å². The molecular formula is C11H21N3S. The Morgan fingerprint density at radius 3 is 2.80 bits per heavy atom. The van der Waals surface area contributed by atoms with Crippen molar-refractivity contribution in [3.8, 4) is 0 Å². The lowest BCUT2D eigenvalue weighted by Crippen LogP contribution is -2.37. The molecule has 0 amide bonds. The van der Waals surface area contributed by atoms with Gasteiger partial charge in [-0.1, -0.05) is 0 Å². The molecule has 2 aliphatic rings. The van der Waals surface area contributed by atoms with E-state index < -0.39 is 0 Å². The molecular weight excluding hydrogens is 206 g/mol. The molecule has 15 heavy (non-hydrogen) atoms. The predicted molar refractivity (Wildman–Crippen MR) is 66.0 cm³/mol. The van der Waals surface area contributed by atoms with Gasteiger partial charge < -0.3 is 10.7 Å². The predicted octanol–water partition coefficient (Wildman–Crippen LogP) is 1.66. The van der Waals surface area contributed by atoms with Crippen LogP contribution in [0.3, 0.4) is 0 Å². The van der Waals surface area contributed by atoms with Crippen LogP contribution in [-0.2, 0) is 0 Å². The van der Waals surface area contributed by atoms with Gasteiger partial charge in [0.25, 0.3) is 0 Å². The first-order chi connectivity index (χ1) is 7.22. The highest BCUT2D eigenvalue weighted by molar-refractivity contribution is 8.01. The molecule has 2 rings (SSSR count). The quantitative estimate of drug-likeness (QED) is 0.556. The van der Waals surface area contributed by atoms with Crippen molar-refractivity contribution in [1.82, 2.24) is 5.01 Å². The number of hydrazine groups is 1. The van der Waals surface area contributed by atoms with Gasteiger partial charge in [0.05, 0.1) is 0 Å². The van der Waals surface area contributed by atoms with E-state index in [1.54, 1.807) is 0 Å². The Morgan fingerprint density at radius 2 is 2.20 bits per heavy atom. The van der Waals surface area contributed by atoms with Gasteiger partial charge in [-0.15, -0.1) is 0 Å². The third-order valence-electron chi connectivity index (χ3n) is 3.56. The van der Waals surface area contributed by atoms with Crippen molar-refractivity contribution in [2.45, 2.75) is 37.9 Å². The van der Waals surface area contributed by atoms with Gasteiger partial charge >= 0.3 is 0 Å². The van der Waals surface area contributed by atoms with Gasteiger partial charge in [0.1, 0.15) is 0 Å². The highest BCUT2D eigenvalue weighted by atomic mass is 32.2. The number of nitrogens with two attached hydrogens (primary N) is 2. The van der Waals surface area contributed by atoms with Crippen molar-refractivity contribution in [3.63, 3.8) is 0 Å². The standard InChI is InChI=1S/C11H21N3S/c1-2-14(13)10-5-6-11-8(7-15-11)3-4-9(10)12/h8,11H,2-7,12-13H2,1H3/b10-9-. The summed E-state index contributed by atoms with van der Waals surface area (Å²) in [4.78, 5) is 0. The molecule has 0 spiro atoms. The van der Waals surface area contributed by atoms with E-state index in [0.29, 0.717) is 0 Å². The maximum absolute atomic E-state index is 6.11. The molecule has 0 aromatic heterocycles. The molecule has 86 valence electrons. The Labute approximate surface area is 96.2 Å². The molecule has 1 saturated heterocycles. The Hall–Kier alpha value is -0.350. The van der Waals surface area contributed by atoms with E-state index in [4.69, 9.17) is 11.6 Å². The fourth-order valence-electron chi connectivity index (χ4n) is 2.40. The summed E-state index contributed by atoms with van der Waals surface area (Å²) in [6.45, 7) is 2.91. The molecule has 2 atom stereocenters. The molecule has 0 aromatic rings. The summed E-state index contributed by atoms with van der Waals surface area (Å²) in [5, 5.41) is 2.69. The van der Waals surface area contributed by atoms with Crippen LogP contribution in [0.1, 0.15) is 32.6 Å². The minimum Gasteiger partial charge on any atom is -0.401 e. The number of hydrogen-bond acceptors (Lipinski definition) is 4. The first-order valence-corrected chi connectivity index (χ1v) is 6.88. The van der Waals surface area contributed by atoms with E-state index in [2.05, 4.69) is 18.7 Å². The zero-order chi connectivity index (χ0) is 10.8. The monoisotopic (exact) mass is 227 g/mol. The van der Waals surface area contributed by atoms with Crippen LogP contribution in [-0.4, -0.2) is 22.6 Å². The number of nitrogens with zero attached hydrogens (tertiary/aromatic N) is 1. The topological polar surface area (TPSA) is 55.3 Å². The minimum absolute atomic E-state index is 0.845. The lowest BCUT2D eigenvalue weighted by Gasteiger charge is -2.39. The van der Waals surface area contributed by atoms with E-state index in [1.165, 1.54) is 24.3 Å². The normalized spacial score (nSPS) is 36.1. The maximum atomic E-state index is 6.11. The third kappa shape index (κ3) is 2.26. The minimum atomic E-state index is 0.845. The van der Waals surface area contributed by atoms with Gasteiger partial charge in [0.2, 0.25) is 0 Å². The van der Waals surface area contributed by atoms with Crippen LogP contribution in [0.15, 0.2) is 11.4 Å². The second-order valence-corrected chi connectivity index (χ2v) is 5.74. The van der Waals surface area contributed by atoms with Crippen LogP contribution >= 0.6 is 11.8 Å². The first kappa shape index (κ1) is 11.1. The Balaban J connectivity index is 2.06. The van der Waals surface area contributed by atoms with Gasteiger partial charge in [-0.2, -0.15) is 11.8 Å². The third-order valence-corrected chi connectivity index (χ3v) is 5.23. The smallest absolute Gasteiger partial charge is 0.0478 e. The Kier molecular flexibility index (Phi) is 3.46. The molecule has 1 aliphatic heterocycles. The average molecular weight is 227 g/mol. The highest BCUT2D eigenvalue weighted by Crippen LogP contribution is 2.42. The molecule has 1 aliphatic carbocycles. The Morgan fingerprint density at radius 1 is 1.40 bits per heavy atom. The van der Waals surface area contributed by atoms with E-state index in [9.17, 15) is 0 Å². The van der Waals surface area contributed by atoms with Crippen molar-refractivity contribution in [2.24, 2.45) is 17.5 Å². The summed E-state index contributed by atoms with van der Waals surface area (Å²) in [5.41, 5.74) is 8.31. The fourth-order valence-corrected chi connectivity index (χ4v) is 3.72. The molecule has 1 heterocycles. The lowest BCUT2D eigenvalue weighted by atomic mass is 9.91. The molecule has 0 radical (unpaired) electrons. The molecule has 1 fully saturated rings. The van der Waals surface area contributed by atoms with E-state index in [-0.39, 0.29) is 0 Å². The fraction of sp³-hybridized carbons (Fsp3) is 0.818. The number of thioether (sulfide) groups is 1. The molecule has 3 nitrogen and oxygen atoms in total. The zero-order valence-corrected chi connectivity index (χ0v) is 10.2. The number of rotatable bonds is 2. The van der Waals surface area contributed by atoms with Crippen LogP contribution in [0.5, 0.6) is 0 Å². The summed E-state index contributed by atoms with van der Waals surface area (Å²) in [6.07, 6.45) is 4.60. The second kappa shape index (κ2) is 4.66. The van der Waals surface area contributed by atoms with Crippen molar-refractivity contribution in [2.75, 3.05) is 12.3 Å². The van der Waals surface area contributed by atoms with E-state index in [0.717, 1.165) is 36.3 Å². The number of fused-ring (bicyclic) bond motifs is 1. The van der Waals surface area contributed by atoms with Gasteiger partial charge in [-0.05, 0) is 44.3 Å². The molecule has 0 aromatic carbocycles. The van der Waals surface area contributed by atoms with Crippen LogP contribution in [0.2, 0.25) is 0 Å². The van der Waals surface area contributed by atoms with Crippen LogP contribution in [0, 0.1) is 5.92 Å². The molecule has 2 unspecified atom stereocenters. The van der Waals surface area contributed by atoms with Crippen LogP contribution < -0.4 is 11.6 Å². The number of hydrogen-bond donors (Lipinski definition) is 2. The van der Waals surface area contributed by atoms with Crippen molar-refractivity contribution in [3.05, 3.63) is 11.4 Å². The summed E-state index contributed by atoms with van der Waals surface area (Å²) < 4.78 is 0. The lowest BCUT2D eigenvalue weighted by molar-refractivity contribution is 0.336. The van der Waals surface area contributed by atoms with Crippen LogP contribution in [0.25, 0.3) is 0 Å². The van der Waals surface area contributed by atoms with Crippen molar-refractivity contribution in [1.29, 1.82) is 0 Å². The summed E-state index contributed by atoms with van der Waals surface area (Å²) in [6, 6.07) is 0. The van der Waals surface area contributed by atoms with Gasteiger partial charge in [0.15, 0.2) is 0 Å². The van der Waals surface area contributed by atoms with Crippen molar-refractivity contribution < 1.29 is 0 Å². The Bertz CT molecular complexity index is 265. The molecule has 0 saturated carbocycles. The second-order valence-electron chi connectivity index (χ2n) is 4.47. The zero-order valence-electron chi connectivity index (χ0n) is 9.41. The van der Waals surface area contributed by atoms with E-state index >= 15 is 0 Å². The van der Waals surface area contributed by atoms with Gasteiger partial charge in [0, 0.05) is 23.2 Å². The number of allylic oxidation sites excluding steroid dienone is 2. The average Bonchev–Trinajstić information content (AvgIpc) is 2.20. The maximum Gasteiger partial charge on any atom is 0.0478 e. The highest BCUT2D eigenvalue weighted by Gasteiger charge is 2.33. The SMILES string of the molecule is CCN(N)/C1=C(\N)CCC2CSC2CC1. The largest absolute Gasteiger partial charge is 0.401 e. The summed E-state index contributed by atoms with van der Waals surface area (Å²) >= 11 is 2.11.